The smallest absolute Gasteiger partial charge is 0.279 e. The molecule has 2 aromatic heterocycles. The molecule has 2 heterocycles. The molecule has 0 amide bonds. The number of hydrogen-bond acceptors (Lipinski definition) is 4. The predicted molar refractivity (Wildman–Crippen MR) is 71.4 cm³/mol. The second-order valence-electron chi connectivity index (χ2n) is 4.17. The summed E-state index contributed by atoms with van der Waals surface area (Å²) in [5, 5.41) is 4.26. The molecule has 104 valence electrons. The SMILES string of the molecule is CCc1ncc(S(=O)(=O)Nc2cn(C)nc2CC)[nH]1. The number of aromatic nitrogens is 4. The zero-order chi connectivity index (χ0) is 14.0. The van der Waals surface area contributed by atoms with E-state index in [1.165, 1.54) is 6.20 Å². The van der Waals surface area contributed by atoms with Crippen LogP contribution < -0.4 is 4.72 Å². The van der Waals surface area contributed by atoms with E-state index in [4.69, 9.17) is 0 Å². The number of aryl methyl sites for hydroxylation is 3. The van der Waals surface area contributed by atoms with Crippen LogP contribution in [0, 0.1) is 0 Å². The van der Waals surface area contributed by atoms with Crippen LogP contribution in [0.15, 0.2) is 17.4 Å². The Morgan fingerprint density at radius 2 is 2.11 bits per heavy atom. The van der Waals surface area contributed by atoms with Crippen molar-refractivity contribution in [2.45, 2.75) is 31.7 Å². The molecule has 0 saturated heterocycles. The second kappa shape index (κ2) is 5.04. The number of rotatable bonds is 5. The van der Waals surface area contributed by atoms with Crippen molar-refractivity contribution in [1.82, 2.24) is 19.7 Å². The van der Waals surface area contributed by atoms with Gasteiger partial charge in [-0.1, -0.05) is 13.8 Å². The van der Waals surface area contributed by atoms with Crippen molar-refractivity contribution < 1.29 is 8.42 Å². The van der Waals surface area contributed by atoms with E-state index in [0.717, 1.165) is 0 Å². The fraction of sp³-hybridized carbons (Fsp3) is 0.455. The first-order valence-corrected chi connectivity index (χ1v) is 7.53. The number of imidazole rings is 1. The maximum absolute atomic E-state index is 12.2. The minimum atomic E-state index is -3.64. The molecule has 0 aliphatic heterocycles. The molecule has 0 aliphatic carbocycles. The van der Waals surface area contributed by atoms with Crippen LogP contribution in [0.1, 0.15) is 25.4 Å². The maximum atomic E-state index is 12.2. The van der Waals surface area contributed by atoms with Gasteiger partial charge in [-0.05, 0) is 6.42 Å². The van der Waals surface area contributed by atoms with Crippen LogP contribution in [0.2, 0.25) is 0 Å². The number of nitrogens with zero attached hydrogens (tertiary/aromatic N) is 3. The molecule has 0 spiro atoms. The summed E-state index contributed by atoms with van der Waals surface area (Å²) in [6.45, 7) is 3.82. The Labute approximate surface area is 112 Å². The Balaban J connectivity index is 2.30. The highest BCUT2D eigenvalue weighted by atomic mass is 32.2. The van der Waals surface area contributed by atoms with Gasteiger partial charge in [0.05, 0.1) is 17.6 Å². The molecular formula is C11H17N5O2S. The van der Waals surface area contributed by atoms with Crippen molar-refractivity contribution >= 4 is 15.7 Å². The largest absolute Gasteiger partial charge is 0.332 e. The molecule has 0 saturated carbocycles. The fourth-order valence-electron chi connectivity index (χ4n) is 1.74. The zero-order valence-corrected chi connectivity index (χ0v) is 12.0. The molecule has 0 radical (unpaired) electrons. The van der Waals surface area contributed by atoms with E-state index in [1.807, 2.05) is 13.8 Å². The molecule has 0 bridgehead atoms. The summed E-state index contributed by atoms with van der Waals surface area (Å²) in [5.74, 6) is 0.641. The van der Waals surface area contributed by atoms with Gasteiger partial charge in [0.15, 0.2) is 5.03 Å². The Hall–Kier alpha value is -1.83. The highest BCUT2D eigenvalue weighted by Gasteiger charge is 2.19. The summed E-state index contributed by atoms with van der Waals surface area (Å²) in [6, 6.07) is 0. The van der Waals surface area contributed by atoms with Crippen LogP contribution in [-0.4, -0.2) is 28.2 Å². The normalized spacial score (nSPS) is 11.7. The summed E-state index contributed by atoms with van der Waals surface area (Å²) in [7, 11) is -1.89. The van der Waals surface area contributed by atoms with E-state index in [0.29, 0.717) is 30.0 Å². The summed E-state index contributed by atoms with van der Waals surface area (Å²) in [6.07, 6.45) is 4.28. The number of hydrogen-bond donors (Lipinski definition) is 2. The van der Waals surface area contributed by atoms with Crippen molar-refractivity contribution in [2.75, 3.05) is 4.72 Å². The van der Waals surface area contributed by atoms with E-state index in [-0.39, 0.29) is 5.03 Å². The van der Waals surface area contributed by atoms with Crippen molar-refractivity contribution in [3.63, 3.8) is 0 Å². The van der Waals surface area contributed by atoms with Crippen LogP contribution in [-0.2, 0) is 29.9 Å². The standard InChI is InChI=1S/C11H17N5O2S/c1-4-8-9(7-16(3)14-8)15-19(17,18)11-6-12-10(5-2)13-11/h6-7,15H,4-5H2,1-3H3,(H,12,13). The number of nitrogens with one attached hydrogen (secondary N) is 2. The quantitative estimate of drug-likeness (QED) is 0.858. The third-order valence-corrected chi connectivity index (χ3v) is 3.99. The lowest BCUT2D eigenvalue weighted by molar-refractivity contribution is 0.598. The van der Waals surface area contributed by atoms with Gasteiger partial charge in [-0.25, -0.2) is 4.98 Å². The summed E-state index contributed by atoms with van der Waals surface area (Å²) in [4.78, 5) is 6.77. The van der Waals surface area contributed by atoms with Gasteiger partial charge in [0.25, 0.3) is 10.0 Å². The molecule has 19 heavy (non-hydrogen) atoms. The lowest BCUT2D eigenvalue weighted by Gasteiger charge is -2.04. The van der Waals surface area contributed by atoms with Crippen molar-refractivity contribution in [2.24, 2.45) is 7.05 Å². The molecule has 0 aliphatic rings. The number of anilines is 1. The van der Waals surface area contributed by atoms with Crippen molar-refractivity contribution in [3.05, 3.63) is 23.9 Å². The topological polar surface area (TPSA) is 92.7 Å². The van der Waals surface area contributed by atoms with Crippen LogP contribution in [0.4, 0.5) is 5.69 Å². The van der Waals surface area contributed by atoms with Gasteiger partial charge >= 0.3 is 0 Å². The Morgan fingerprint density at radius 1 is 1.37 bits per heavy atom. The first kappa shape index (κ1) is 13.6. The molecular weight excluding hydrogens is 266 g/mol. The van der Waals surface area contributed by atoms with Crippen LogP contribution in [0.3, 0.4) is 0 Å². The van der Waals surface area contributed by atoms with Crippen molar-refractivity contribution in [3.8, 4) is 0 Å². The van der Waals surface area contributed by atoms with Crippen LogP contribution in [0.25, 0.3) is 0 Å². The first-order valence-electron chi connectivity index (χ1n) is 6.05. The fourth-order valence-corrected chi connectivity index (χ4v) is 2.75. The Morgan fingerprint density at radius 3 is 2.68 bits per heavy atom. The number of sulfonamides is 1. The number of H-pyrrole nitrogens is 1. The minimum Gasteiger partial charge on any atom is -0.332 e. The van der Waals surface area contributed by atoms with Gasteiger partial charge in [-0.15, -0.1) is 0 Å². The summed E-state index contributed by atoms with van der Waals surface area (Å²) >= 11 is 0. The third kappa shape index (κ3) is 2.78. The van der Waals surface area contributed by atoms with E-state index >= 15 is 0 Å². The van der Waals surface area contributed by atoms with Gasteiger partial charge in [0.2, 0.25) is 0 Å². The van der Waals surface area contributed by atoms with Crippen molar-refractivity contribution in [1.29, 1.82) is 0 Å². The van der Waals surface area contributed by atoms with Gasteiger partial charge < -0.3 is 4.98 Å². The molecule has 0 atom stereocenters. The zero-order valence-electron chi connectivity index (χ0n) is 11.1. The predicted octanol–water partition coefficient (Wildman–Crippen LogP) is 1.07. The lowest BCUT2D eigenvalue weighted by atomic mass is 10.3. The Kier molecular flexibility index (Phi) is 3.61. The highest BCUT2D eigenvalue weighted by molar-refractivity contribution is 7.92. The second-order valence-corrected chi connectivity index (χ2v) is 5.82. The molecule has 0 fully saturated rings. The molecule has 2 rings (SSSR count). The van der Waals surface area contributed by atoms with Gasteiger partial charge in [0.1, 0.15) is 5.82 Å². The Bertz CT molecular complexity index is 671. The van der Waals surface area contributed by atoms with Crippen LogP contribution in [0.5, 0.6) is 0 Å². The first-order chi connectivity index (χ1) is 8.96. The molecule has 2 aromatic rings. The van der Waals surface area contributed by atoms with Gasteiger partial charge in [0, 0.05) is 19.7 Å². The number of aromatic amines is 1. The molecule has 2 N–H and O–H groups in total. The third-order valence-electron chi connectivity index (χ3n) is 2.71. The van der Waals surface area contributed by atoms with E-state index in [9.17, 15) is 8.42 Å². The summed E-state index contributed by atoms with van der Waals surface area (Å²) < 4.78 is 28.5. The average Bonchev–Trinajstić information content (AvgIpc) is 2.95. The van der Waals surface area contributed by atoms with Gasteiger partial charge in [-0.2, -0.15) is 13.5 Å². The minimum absolute atomic E-state index is 0.0651. The van der Waals surface area contributed by atoms with E-state index in [1.54, 1.807) is 17.9 Å². The molecule has 7 nitrogen and oxygen atoms in total. The molecule has 8 heteroatoms. The average molecular weight is 283 g/mol. The highest BCUT2D eigenvalue weighted by Crippen LogP contribution is 2.18. The van der Waals surface area contributed by atoms with Crippen LogP contribution >= 0.6 is 0 Å². The van der Waals surface area contributed by atoms with E-state index in [2.05, 4.69) is 19.8 Å². The molecule has 0 unspecified atom stereocenters. The molecule has 0 aromatic carbocycles. The van der Waals surface area contributed by atoms with E-state index < -0.39 is 10.0 Å². The lowest BCUT2D eigenvalue weighted by Crippen LogP contribution is -2.14. The maximum Gasteiger partial charge on any atom is 0.279 e. The summed E-state index contributed by atoms with van der Waals surface area (Å²) in [5.41, 5.74) is 1.21. The van der Waals surface area contributed by atoms with Gasteiger partial charge in [-0.3, -0.25) is 9.40 Å². The monoisotopic (exact) mass is 283 g/mol.